The van der Waals surface area contributed by atoms with E-state index in [0.717, 1.165) is 26.1 Å². The third-order valence-corrected chi connectivity index (χ3v) is 4.75. The number of rotatable bonds is 5. The zero-order chi connectivity index (χ0) is 13.0. The zero-order valence-electron chi connectivity index (χ0n) is 11.8. The molecule has 1 saturated heterocycles. The maximum atomic E-state index is 9.44. The van der Waals surface area contributed by atoms with Gasteiger partial charge in [0.1, 0.15) is 0 Å². The van der Waals surface area contributed by atoms with Crippen LogP contribution in [0.15, 0.2) is 0 Å². The number of hydrogen-bond acceptors (Lipinski definition) is 4. The second-order valence-electron chi connectivity index (χ2n) is 6.02. The van der Waals surface area contributed by atoms with Crippen molar-refractivity contribution in [3.05, 3.63) is 0 Å². The molecular weight excluding hydrogens is 228 g/mol. The Morgan fingerprint density at radius 2 is 2.17 bits per heavy atom. The first kappa shape index (κ1) is 14.3. The van der Waals surface area contributed by atoms with Crippen LogP contribution in [0.3, 0.4) is 0 Å². The van der Waals surface area contributed by atoms with Crippen molar-refractivity contribution in [3.63, 3.8) is 0 Å². The van der Waals surface area contributed by atoms with E-state index in [-0.39, 0.29) is 12.1 Å². The lowest BCUT2D eigenvalue weighted by Gasteiger charge is -2.44. The first-order chi connectivity index (χ1) is 8.68. The van der Waals surface area contributed by atoms with Crippen LogP contribution < -0.4 is 5.32 Å². The van der Waals surface area contributed by atoms with Crippen molar-refractivity contribution < 1.29 is 9.84 Å². The lowest BCUT2D eigenvalue weighted by atomic mass is 9.89. The van der Waals surface area contributed by atoms with E-state index in [2.05, 4.69) is 17.1 Å². The van der Waals surface area contributed by atoms with Crippen LogP contribution in [0, 0.1) is 0 Å². The molecule has 2 fully saturated rings. The van der Waals surface area contributed by atoms with Gasteiger partial charge in [-0.05, 0) is 33.2 Å². The zero-order valence-corrected chi connectivity index (χ0v) is 11.8. The highest BCUT2D eigenvalue weighted by atomic mass is 16.5. The Kier molecular flexibility index (Phi) is 5.01. The van der Waals surface area contributed by atoms with Crippen LogP contribution in [-0.4, -0.2) is 61.0 Å². The molecule has 0 amide bonds. The number of aliphatic hydroxyl groups is 1. The summed E-state index contributed by atoms with van der Waals surface area (Å²) in [5.41, 5.74) is -0.150. The van der Waals surface area contributed by atoms with Crippen LogP contribution in [-0.2, 0) is 4.74 Å². The summed E-state index contributed by atoms with van der Waals surface area (Å²) in [5.74, 6) is 0. The highest BCUT2D eigenvalue weighted by Crippen LogP contribution is 2.28. The third-order valence-electron chi connectivity index (χ3n) is 4.75. The van der Waals surface area contributed by atoms with Crippen LogP contribution in [0.25, 0.3) is 0 Å². The quantitative estimate of drug-likeness (QED) is 0.770. The monoisotopic (exact) mass is 256 g/mol. The number of nitrogens with one attached hydrogen (secondary N) is 1. The molecule has 18 heavy (non-hydrogen) atoms. The van der Waals surface area contributed by atoms with Gasteiger partial charge in [-0.25, -0.2) is 0 Å². The number of ether oxygens (including phenoxy) is 1. The molecule has 4 heteroatoms. The van der Waals surface area contributed by atoms with Gasteiger partial charge in [-0.15, -0.1) is 0 Å². The van der Waals surface area contributed by atoms with Crippen LogP contribution in [0.4, 0.5) is 0 Å². The van der Waals surface area contributed by atoms with Crippen molar-refractivity contribution in [3.8, 4) is 0 Å². The molecule has 0 aromatic carbocycles. The van der Waals surface area contributed by atoms with Crippen molar-refractivity contribution in [1.29, 1.82) is 0 Å². The van der Waals surface area contributed by atoms with Crippen LogP contribution in [0.1, 0.15) is 39.0 Å². The van der Waals surface area contributed by atoms with Crippen LogP contribution in [0.5, 0.6) is 0 Å². The number of nitrogens with zero attached hydrogens (tertiary/aromatic N) is 1. The van der Waals surface area contributed by atoms with Crippen molar-refractivity contribution in [2.45, 2.75) is 56.7 Å². The molecule has 3 atom stereocenters. The van der Waals surface area contributed by atoms with Crippen molar-refractivity contribution in [1.82, 2.24) is 10.2 Å². The SMILES string of the molecule is CNC(C)(CO)CCN1CCOC2CCCCC21. The molecule has 3 unspecified atom stereocenters. The van der Waals surface area contributed by atoms with E-state index in [0.29, 0.717) is 12.1 Å². The molecule has 0 aromatic heterocycles. The van der Waals surface area contributed by atoms with E-state index in [1.165, 1.54) is 25.7 Å². The van der Waals surface area contributed by atoms with Gasteiger partial charge in [-0.3, -0.25) is 4.90 Å². The number of aliphatic hydroxyl groups excluding tert-OH is 1. The molecule has 2 rings (SSSR count). The lowest BCUT2D eigenvalue weighted by molar-refractivity contribution is -0.0900. The highest BCUT2D eigenvalue weighted by molar-refractivity contribution is 4.89. The molecule has 0 aromatic rings. The summed E-state index contributed by atoms with van der Waals surface area (Å²) in [6, 6.07) is 0.618. The molecule has 1 aliphatic heterocycles. The van der Waals surface area contributed by atoms with Crippen molar-refractivity contribution >= 4 is 0 Å². The Bertz CT molecular complexity index is 254. The van der Waals surface area contributed by atoms with Gasteiger partial charge in [0.15, 0.2) is 0 Å². The molecule has 0 bridgehead atoms. The van der Waals surface area contributed by atoms with Crippen LogP contribution >= 0.6 is 0 Å². The van der Waals surface area contributed by atoms with E-state index in [1.807, 2.05) is 7.05 Å². The summed E-state index contributed by atoms with van der Waals surface area (Å²) in [6.07, 6.45) is 6.61. The van der Waals surface area contributed by atoms with Crippen LogP contribution in [0.2, 0.25) is 0 Å². The van der Waals surface area contributed by atoms with Gasteiger partial charge in [0.2, 0.25) is 0 Å². The van der Waals surface area contributed by atoms with Gasteiger partial charge in [0, 0.05) is 24.7 Å². The minimum atomic E-state index is -0.150. The molecule has 0 spiro atoms. The summed E-state index contributed by atoms with van der Waals surface area (Å²) < 4.78 is 5.89. The number of hydrogen-bond donors (Lipinski definition) is 2. The summed E-state index contributed by atoms with van der Waals surface area (Å²) in [6.45, 7) is 5.26. The molecule has 1 aliphatic carbocycles. The van der Waals surface area contributed by atoms with Gasteiger partial charge in [-0.1, -0.05) is 12.8 Å². The summed E-state index contributed by atoms with van der Waals surface area (Å²) >= 11 is 0. The molecule has 4 nitrogen and oxygen atoms in total. The van der Waals surface area contributed by atoms with Gasteiger partial charge >= 0.3 is 0 Å². The van der Waals surface area contributed by atoms with E-state index < -0.39 is 0 Å². The predicted octanol–water partition coefficient (Wildman–Crippen LogP) is 0.990. The number of morpholine rings is 1. The highest BCUT2D eigenvalue weighted by Gasteiger charge is 2.34. The Morgan fingerprint density at radius 1 is 1.39 bits per heavy atom. The van der Waals surface area contributed by atoms with Gasteiger partial charge in [0.05, 0.1) is 19.3 Å². The van der Waals surface area contributed by atoms with E-state index >= 15 is 0 Å². The fourth-order valence-corrected chi connectivity index (χ4v) is 3.13. The Labute approximate surface area is 111 Å². The second-order valence-corrected chi connectivity index (χ2v) is 6.02. The lowest BCUT2D eigenvalue weighted by Crippen LogP contribution is -2.55. The molecule has 2 aliphatic rings. The Morgan fingerprint density at radius 3 is 2.89 bits per heavy atom. The molecule has 0 radical (unpaired) electrons. The molecular formula is C14H28N2O2. The van der Waals surface area contributed by atoms with Gasteiger partial charge in [-0.2, -0.15) is 0 Å². The maximum absolute atomic E-state index is 9.44. The Balaban J connectivity index is 1.87. The fraction of sp³-hybridized carbons (Fsp3) is 1.00. The average Bonchev–Trinajstić information content (AvgIpc) is 2.44. The third kappa shape index (κ3) is 3.23. The van der Waals surface area contributed by atoms with E-state index in [4.69, 9.17) is 4.74 Å². The first-order valence-electron chi connectivity index (χ1n) is 7.34. The molecule has 1 saturated carbocycles. The minimum absolute atomic E-state index is 0.150. The topological polar surface area (TPSA) is 44.7 Å². The van der Waals surface area contributed by atoms with Crippen molar-refractivity contribution in [2.24, 2.45) is 0 Å². The largest absolute Gasteiger partial charge is 0.394 e. The smallest absolute Gasteiger partial charge is 0.0730 e. The summed E-state index contributed by atoms with van der Waals surface area (Å²) in [5, 5.41) is 12.7. The van der Waals surface area contributed by atoms with Gasteiger partial charge < -0.3 is 15.2 Å². The molecule has 1 heterocycles. The van der Waals surface area contributed by atoms with E-state index in [9.17, 15) is 5.11 Å². The fourth-order valence-electron chi connectivity index (χ4n) is 3.13. The molecule has 2 N–H and O–H groups in total. The number of likely N-dealkylation sites (N-methyl/N-ethyl adjacent to an activating group) is 1. The van der Waals surface area contributed by atoms with E-state index in [1.54, 1.807) is 0 Å². The second kappa shape index (κ2) is 6.33. The summed E-state index contributed by atoms with van der Waals surface area (Å²) in [4.78, 5) is 2.58. The maximum Gasteiger partial charge on any atom is 0.0730 e. The summed E-state index contributed by atoms with van der Waals surface area (Å²) in [7, 11) is 1.93. The van der Waals surface area contributed by atoms with Crippen molar-refractivity contribution in [2.75, 3.05) is 33.4 Å². The van der Waals surface area contributed by atoms with Gasteiger partial charge in [0.25, 0.3) is 0 Å². The number of fused-ring (bicyclic) bond motifs is 1. The first-order valence-corrected chi connectivity index (χ1v) is 7.34. The standard InChI is InChI=1S/C14H28N2O2/c1-14(11-17,15-2)7-8-16-9-10-18-13-6-4-3-5-12(13)16/h12-13,15,17H,3-11H2,1-2H3. The normalized spacial score (nSPS) is 32.8. The average molecular weight is 256 g/mol. The minimum Gasteiger partial charge on any atom is -0.394 e. The predicted molar refractivity (Wildman–Crippen MR) is 72.7 cm³/mol. The Hall–Kier alpha value is -0.160. The molecule has 106 valence electrons.